The number of hydrogen-bond donors (Lipinski definition) is 0. The van der Waals surface area contributed by atoms with Gasteiger partial charge in [0.2, 0.25) is 0 Å². The Labute approximate surface area is 84.9 Å². The minimum Gasteiger partial charge on any atom is -0.258 e. The van der Waals surface area contributed by atoms with Gasteiger partial charge < -0.3 is 0 Å². The molecule has 2 atom stereocenters. The summed E-state index contributed by atoms with van der Waals surface area (Å²) in [5, 5.41) is 10.5. The molecule has 0 amide bonds. The molecular weight excluding hydrogens is 204 g/mol. The van der Waals surface area contributed by atoms with Gasteiger partial charge in [-0.05, 0) is 18.1 Å². The lowest BCUT2D eigenvalue weighted by Crippen LogP contribution is -2.20. The van der Waals surface area contributed by atoms with E-state index in [-0.39, 0.29) is 17.7 Å². The van der Waals surface area contributed by atoms with E-state index in [1.807, 2.05) is 0 Å². The fourth-order valence-electron chi connectivity index (χ4n) is 1.88. The number of rotatable bonds is 1. The van der Waals surface area contributed by atoms with Gasteiger partial charge in [0.15, 0.2) is 6.17 Å². The van der Waals surface area contributed by atoms with E-state index in [4.69, 9.17) is 0 Å². The first-order chi connectivity index (χ1) is 6.92. The average Bonchev–Trinajstić information content (AvgIpc) is 2.37. The Morgan fingerprint density at radius 2 is 2.27 bits per heavy atom. The lowest BCUT2D eigenvalue weighted by Gasteiger charge is -2.14. The van der Waals surface area contributed by atoms with Crippen molar-refractivity contribution in [1.29, 1.82) is 0 Å². The van der Waals surface area contributed by atoms with Crippen LogP contribution < -0.4 is 0 Å². The lowest BCUT2D eigenvalue weighted by molar-refractivity contribution is -0.385. The normalized spacial score (nSPS) is 28.9. The summed E-state index contributed by atoms with van der Waals surface area (Å²) in [5.41, 5.74) is -1.53. The van der Waals surface area contributed by atoms with Crippen LogP contribution in [0.5, 0.6) is 0 Å². The number of alkyl halides is 2. The summed E-state index contributed by atoms with van der Waals surface area (Å²) in [5.74, 6) is 0. The Kier molecular flexibility index (Phi) is 1.99. The summed E-state index contributed by atoms with van der Waals surface area (Å²) in [4.78, 5) is 9.85. The molecule has 1 aliphatic carbocycles. The Morgan fingerprint density at radius 1 is 1.60 bits per heavy atom. The van der Waals surface area contributed by atoms with Crippen LogP contribution in [0.3, 0.4) is 0 Å². The number of non-ortho nitro benzene ring substituents is 1. The highest BCUT2D eigenvalue weighted by Crippen LogP contribution is 2.45. The molecule has 0 fully saturated rings. The zero-order chi connectivity index (χ0) is 11.2. The van der Waals surface area contributed by atoms with Crippen molar-refractivity contribution in [3.8, 4) is 0 Å². The van der Waals surface area contributed by atoms with Crippen molar-refractivity contribution < 1.29 is 13.7 Å². The van der Waals surface area contributed by atoms with Crippen LogP contribution in [0, 0.1) is 10.1 Å². The molecule has 15 heavy (non-hydrogen) atoms. The first kappa shape index (κ1) is 10.0. The van der Waals surface area contributed by atoms with Crippen LogP contribution >= 0.6 is 0 Å². The zero-order valence-electron chi connectivity index (χ0n) is 8.04. The number of nitro groups is 1. The van der Waals surface area contributed by atoms with Gasteiger partial charge in [0.25, 0.3) is 5.69 Å². The van der Waals surface area contributed by atoms with Gasteiger partial charge in [0.1, 0.15) is 5.67 Å². The zero-order valence-corrected chi connectivity index (χ0v) is 8.04. The number of hydrogen-bond acceptors (Lipinski definition) is 2. The Balaban J connectivity index is 2.49. The minimum atomic E-state index is -1.95. The van der Waals surface area contributed by atoms with E-state index < -0.39 is 16.8 Å². The maximum atomic E-state index is 13.6. The van der Waals surface area contributed by atoms with Gasteiger partial charge in [-0.3, -0.25) is 10.1 Å². The fourth-order valence-corrected chi connectivity index (χ4v) is 1.88. The van der Waals surface area contributed by atoms with E-state index in [1.54, 1.807) is 0 Å². The molecular formula is C10H9F2NO2. The summed E-state index contributed by atoms with van der Waals surface area (Å²) in [6, 6.07) is 3.81. The smallest absolute Gasteiger partial charge is 0.258 e. The van der Waals surface area contributed by atoms with E-state index in [1.165, 1.54) is 19.1 Å². The van der Waals surface area contributed by atoms with Crippen molar-refractivity contribution in [1.82, 2.24) is 0 Å². The van der Waals surface area contributed by atoms with Crippen LogP contribution in [0.25, 0.3) is 0 Å². The van der Waals surface area contributed by atoms with Crippen LogP contribution in [0.4, 0.5) is 14.5 Å². The molecule has 1 aromatic rings. The number of nitro benzene ring substituents is 1. The maximum absolute atomic E-state index is 13.6. The Hall–Kier alpha value is -1.52. The lowest BCUT2D eigenvalue weighted by atomic mass is 10.0. The summed E-state index contributed by atoms with van der Waals surface area (Å²) in [6.07, 6.45) is -1.80. The van der Waals surface area contributed by atoms with Crippen LogP contribution in [0.2, 0.25) is 0 Å². The molecule has 0 radical (unpaired) electrons. The summed E-state index contributed by atoms with van der Waals surface area (Å²) >= 11 is 0. The van der Waals surface area contributed by atoms with Gasteiger partial charge in [0.05, 0.1) is 4.92 Å². The van der Waals surface area contributed by atoms with Gasteiger partial charge in [0, 0.05) is 18.6 Å². The van der Waals surface area contributed by atoms with Gasteiger partial charge >= 0.3 is 0 Å². The predicted octanol–water partition coefficient (Wildman–Crippen LogP) is 2.89. The Bertz CT molecular complexity index is 431. The highest BCUT2D eigenvalue weighted by Gasteiger charge is 2.44. The van der Waals surface area contributed by atoms with Crippen LogP contribution in [-0.2, 0) is 6.42 Å². The molecule has 80 valence electrons. The van der Waals surface area contributed by atoms with Gasteiger partial charge in [-0.1, -0.05) is 6.07 Å². The van der Waals surface area contributed by atoms with Gasteiger partial charge in [-0.25, -0.2) is 8.78 Å². The van der Waals surface area contributed by atoms with Crippen molar-refractivity contribution in [3.05, 3.63) is 39.4 Å². The number of halogens is 2. The van der Waals surface area contributed by atoms with Crippen molar-refractivity contribution in [2.75, 3.05) is 0 Å². The standard InChI is InChI=1S/C10H9F2NO2/c1-10(12)5-6-2-3-7(13(14)15)4-8(6)9(10)11/h2-4,9H,5H2,1H3. The molecule has 1 aliphatic rings. The first-order valence-electron chi connectivity index (χ1n) is 4.52. The third-order valence-electron chi connectivity index (χ3n) is 2.68. The number of fused-ring (bicyclic) bond motifs is 1. The van der Waals surface area contributed by atoms with E-state index in [0.29, 0.717) is 5.56 Å². The molecule has 3 nitrogen and oxygen atoms in total. The molecule has 0 aliphatic heterocycles. The van der Waals surface area contributed by atoms with Crippen molar-refractivity contribution in [3.63, 3.8) is 0 Å². The Morgan fingerprint density at radius 3 is 2.87 bits per heavy atom. The van der Waals surface area contributed by atoms with E-state index in [9.17, 15) is 18.9 Å². The SMILES string of the molecule is CC1(F)Cc2ccc([N+](=O)[O-])cc2C1F. The van der Waals surface area contributed by atoms with E-state index >= 15 is 0 Å². The monoisotopic (exact) mass is 213 g/mol. The molecule has 5 heteroatoms. The topological polar surface area (TPSA) is 43.1 Å². The average molecular weight is 213 g/mol. The number of benzene rings is 1. The molecule has 0 N–H and O–H groups in total. The summed E-state index contributed by atoms with van der Waals surface area (Å²) in [7, 11) is 0. The summed E-state index contributed by atoms with van der Waals surface area (Å²) < 4.78 is 27.1. The molecule has 2 rings (SSSR count). The second-order valence-electron chi connectivity index (χ2n) is 3.96. The van der Waals surface area contributed by atoms with Crippen LogP contribution in [-0.4, -0.2) is 10.6 Å². The third kappa shape index (κ3) is 1.48. The van der Waals surface area contributed by atoms with Gasteiger partial charge in [-0.15, -0.1) is 0 Å². The highest BCUT2D eigenvalue weighted by atomic mass is 19.2. The van der Waals surface area contributed by atoms with Crippen LogP contribution in [0.1, 0.15) is 24.2 Å². The first-order valence-corrected chi connectivity index (χ1v) is 4.52. The highest BCUT2D eigenvalue weighted by molar-refractivity contribution is 5.45. The third-order valence-corrected chi connectivity index (χ3v) is 2.68. The molecule has 2 unspecified atom stereocenters. The quantitative estimate of drug-likeness (QED) is 0.531. The van der Waals surface area contributed by atoms with Crippen LogP contribution in [0.15, 0.2) is 18.2 Å². The number of nitrogens with zero attached hydrogens (tertiary/aromatic N) is 1. The van der Waals surface area contributed by atoms with Gasteiger partial charge in [-0.2, -0.15) is 0 Å². The molecule has 0 saturated heterocycles. The second-order valence-corrected chi connectivity index (χ2v) is 3.96. The molecule has 0 bridgehead atoms. The van der Waals surface area contributed by atoms with Crippen molar-refractivity contribution in [2.24, 2.45) is 0 Å². The molecule has 0 spiro atoms. The minimum absolute atomic E-state index is 0.0263. The molecule has 1 aromatic carbocycles. The largest absolute Gasteiger partial charge is 0.269 e. The molecule has 0 saturated carbocycles. The second kappa shape index (κ2) is 2.98. The maximum Gasteiger partial charge on any atom is 0.269 e. The predicted molar refractivity (Wildman–Crippen MR) is 50.2 cm³/mol. The van der Waals surface area contributed by atoms with E-state index in [2.05, 4.69) is 0 Å². The molecule has 0 aromatic heterocycles. The van der Waals surface area contributed by atoms with Crippen molar-refractivity contribution >= 4 is 5.69 Å². The molecule has 0 heterocycles. The van der Waals surface area contributed by atoms with Crippen molar-refractivity contribution in [2.45, 2.75) is 25.2 Å². The van der Waals surface area contributed by atoms with E-state index in [0.717, 1.165) is 6.07 Å². The fraction of sp³-hybridized carbons (Fsp3) is 0.400. The summed E-state index contributed by atoms with van der Waals surface area (Å²) in [6.45, 7) is 1.17.